The van der Waals surface area contributed by atoms with Gasteiger partial charge in [-0.2, -0.15) is 0 Å². The molecule has 1 aliphatic heterocycles. The lowest BCUT2D eigenvalue weighted by Gasteiger charge is -2.29. The molecule has 27 heavy (non-hydrogen) atoms. The first kappa shape index (κ1) is 18.8. The fourth-order valence-electron chi connectivity index (χ4n) is 3.13. The summed E-state index contributed by atoms with van der Waals surface area (Å²) in [5.41, 5.74) is -0.666. The van der Waals surface area contributed by atoms with E-state index in [1.807, 2.05) is 6.92 Å². The van der Waals surface area contributed by atoms with Gasteiger partial charge in [-0.05, 0) is 20.0 Å². The van der Waals surface area contributed by atoms with E-state index < -0.39 is 22.8 Å². The lowest BCUT2D eigenvalue weighted by molar-refractivity contribution is -0.108. The van der Waals surface area contributed by atoms with Crippen LogP contribution < -0.4 is 15.5 Å². The van der Waals surface area contributed by atoms with E-state index in [2.05, 4.69) is 5.32 Å². The van der Waals surface area contributed by atoms with Crippen molar-refractivity contribution in [3.8, 4) is 5.75 Å². The summed E-state index contributed by atoms with van der Waals surface area (Å²) >= 11 is 0. The first-order valence-corrected chi connectivity index (χ1v) is 8.48. The quantitative estimate of drug-likeness (QED) is 0.702. The molecule has 9 heteroatoms. The van der Waals surface area contributed by atoms with Crippen molar-refractivity contribution in [2.24, 2.45) is 0 Å². The standard InChI is InChI=1S/C18H20FN3O5/c1-10-9-27-17-14(20-3-4-21(2)5-6-23)13(19)7-11-15(17)22(10)8-12(16(11)24)18(25)26/h6-8,10,20H,3-5,9H2,1-2H3,(H,25,26). The molecule has 0 aliphatic carbocycles. The number of pyridine rings is 1. The number of halogens is 1. The molecule has 2 aromatic rings. The van der Waals surface area contributed by atoms with Crippen LogP contribution in [0.2, 0.25) is 0 Å². The fourth-order valence-corrected chi connectivity index (χ4v) is 3.13. The molecule has 0 saturated carbocycles. The smallest absolute Gasteiger partial charge is 0.341 e. The van der Waals surface area contributed by atoms with Gasteiger partial charge in [0.2, 0.25) is 5.43 Å². The highest BCUT2D eigenvalue weighted by atomic mass is 19.1. The van der Waals surface area contributed by atoms with Crippen LogP contribution in [0.3, 0.4) is 0 Å². The predicted molar refractivity (Wildman–Crippen MR) is 97.4 cm³/mol. The largest absolute Gasteiger partial charge is 0.487 e. The number of carbonyl (C=O) groups excluding carboxylic acids is 1. The van der Waals surface area contributed by atoms with Gasteiger partial charge in [-0.1, -0.05) is 0 Å². The van der Waals surface area contributed by atoms with Gasteiger partial charge in [0.05, 0.1) is 23.5 Å². The summed E-state index contributed by atoms with van der Waals surface area (Å²) in [6.07, 6.45) is 2.06. The van der Waals surface area contributed by atoms with E-state index in [0.717, 1.165) is 12.4 Å². The molecule has 0 bridgehead atoms. The van der Waals surface area contributed by atoms with Crippen LogP contribution in [0.25, 0.3) is 10.9 Å². The normalized spacial score (nSPS) is 15.6. The molecule has 0 saturated heterocycles. The van der Waals surface area contributed by atoms with Crippen molar-refractivity contribution < 1.29 is 23.8 Å². The van der Waals surface area contributed by atoms with Gasteiger partial charge in [-0.15, -0.1) is 0 Å². The lowest BCUT2D eigenvalue weighted by atomic mass is 10.1. The number of carbonyl (C=O) groups is 2. The Morgan fingerprint density at radius 2 is 2.30 bits per heavy atom. The van der Waals surface area contributed by atoms with Crippen molar-refractivity contribution in [3.05, 3.63) is 33.9 Å². The van der Waals surface area contributed by atoms with E-state index >= 15 is 0 Å². The maximum atomic E-state index is 14.7. The molecule has 2 N–H and O–H groups in total. The van der Waals surface area contributed by atoms with Crippen molar-refractivity contribution in [3.63, 3.8) is 0 Å². The van der Waals surface area contributed by atoms with E-state index in [1.54, 1.807) is 16.5 Å². The number of carboxylic acid groups (broad SMARTS) is 1. The van der Waals surface area contributed by atoms with Crippen LogP contribution >= 0.6 is 0 Å². The molecule has 1 atom stereocenters. The van der Waals surface area contributed by atoms with E-state index in [-0.39, 0.29) is 36.0 Å². The Hall–Kier alpha value is -2.94. The van der Waals surface area contributed by atoms with Crippen molar-refractivity contribution in [2.45, 2.75) is 13.0 Å². The molecule has 1 aromatic carbocycles. The van der Waals surface area contributed by atoms with Crippen LogP contribution in [0.5, 0.6) is 5.75 Å². The first-order chi connectivity index (χ1) is 12.8. The third-order valence-electron chi connectivity index (χ3n) is 4.58. The molecule has 0 amide bonds. The Bertz CT molecular complexity index is 972. The minimum absolute atomic E-state index is 0.0300. The number of aromatic nitrogens is 1. The van der Waals surface area contributed by atoms with Gasteiger partial charge in [0, 0.05) is 19.3 Å². The number of ether oxygens (including phenoxy) is 1. The van der Waals surface area contributed by atoms with E-state index in [4.69, 9.17) is 4.74 Å². The third kappa shape index (κ3) is 3.37. The molecule has 144 valence electrons. The summed E-state index contributed by atoms with van der Waals surface area (Å²) in [6, 6.07) is 0.832. The van der Waals surface area contributed by atoms with Gasteiger partial charge < -0.3 is 24.5 Å². The van der Waals surface area contributed by atoms with Crippen LogP contribution in [0.1, 0.15) is 23.3 Å². The Balaban J connectivity index is 2.09. The number of nitrogens with zero attached hydrogens (tertiary/aromatic N) is 2. The number of hydrogen-bond acceptors (Lipinski definition) is 6. The molecule has 0 fully saturated rings. The SMILES string of the molecule is CC1COc2c(NCCN(C)CC=O)c(F)cc3c(=O)c(C(=O)O)cn1c23. The monoisotopic (exact) mass is 377 g/mol. The zero-order valence-corrected chi connectivity index (χ0v) is 15.0. The average Bonchev–Trinajstić information content (AvgIpc) is 2.61. The molecule has 2 heterocycles. The van der Waals surface area contributed by atoms with Gasteiger partial charge in [0.25, 0.3) is 0 Å². The zero-order chi connectivity index (χ0) is 19.7. The van der Waals surface area contributed by atoms with Crippen LogP contribution in [0, 0.1) is 5.82 Å². The summed E-state index contributed by atoms with van der Waals surface area (Å²) in [5, 5.41) is 12.2. The van der Waals surface area contributed by atoms with Gasteiger partial charge in [0.1, 0.15) is 24.1 Å². The van der Waals surface area contributed by atoms with E-state index in [0.29, 0.717) is 18.6 Å². The maximum Gasteiger partial charge on any atom is 0.341 e. The minimum Gasteiger partial charge on any atom is -0.487 e. The summed E-state index contributed by atoms with van der Waals surface area (Å²) in [7, 11) is 1.76. The molecular formula is C18H20FN3O5. The second-order valence-electron chi connectivity index (χ2n) is 6.56. The van der Waals surface area contributed by atoms with Crippen molar-refractivity contribution >= 4 is 28.8 Å². The highest BCUT2D eigenvalue weighted by molar-refractivity contribution is 5.97. The van der Waals surface area contributed by atoms with Gasteiger partial charge in [0.15, 0.2) is 11.6 Å². The lowest BCUT2D eigenvalue weighted by Crippen LogP contribution is -2.29. The molecule has 8 nitrogen and oxygen atoms in total. The molecule has 1 aliphatic rings. The number of likely N-dealkylation sites (N-methyl/N-ethyl adjacent to an activating group) is 1. The fraction of sp³-hybridized carbons (Fsp3) is 0.389. The van der Waals surface area contributed by atoms with Crippen LogP contribution in [0.15, 0.2) is 17.1 Å². The number of nitrogens with one attached hydrogen (secondary N) is 1. The Kier molecular flexibility index (Phi) is 5.13. The highest BCUT2D eigenvalue weighted by Gasteiger charge is 2.27. The number of benzene rings is 1. The zero-order valence-electron chi connectivity index (χ0n) is 15.0. The highest BCUT2D eigenvalue weighted by Crippen LogP contribution is 2.39. The van der Waals surface area contributed by atoms with Gasteiger partial charge in [-0.3, -0.25) is 9.69 Å². The number of aromatic carboxylic acids is 1. The minimum atomic E-state index is -1.35. The van der Waals surface area contributed by atoms with Gasteiger partial charge >= 0.3 is 5.97 Å². The molecule has 3 rings (SSSR count). The van der Waals surface area contributed by atoms with Gasteiger partial charge in [-0.25, -0.2) is 9.18 Å². The first-order valence-electron chi connectivity index (χ1n) is 8.48. The second kappa shape index (κ2) is 7.36. The summed E-state index contributed by atoms with van der Waals surface area (Å²) < 4.78 is 22.0. The Morgan fingerprint density at radius 3 is 2.96 bits per heavy atom. The maximum absolute atomic E-state index is 14.7. The third-order valence-corrected chi connectivity index (χ3v) is 4.58. The number of aldehydes is 1. The van der Waals surface area contributed by atoms with Crippen molar-refractivity contribution in [2.75, 3.05) is 38.6 Å². The number of carboxylic acids is 1. The topological polar surface area (TPSA) is 101 Å². The number of rotatable bonds is 7. The predicted octanol–water partition coefficient (Wildman–Crippen LogP) is 1.33. The second-order valence-corrected chi connectivity index (χ2v) is 6.56. The summed E-state index contributed by atoms with van der Waals surface area (Å²) in [6.45, 7) is 3.16. The summed E-state index contributed by atoms with van der Waals surface area (Å²) in [4.78, 5) is 36.1. The molecule has 1 unspecified atom stereocenters. The summed E-state index contributed by atoms with van der Waals surface area (Å²) in [5.74, 6) is -1.86. The van der Waals surface area contributed by atoms with Crippen LogP contribution in [-0.2, 0) is 4.79 Å². The Morgan fingerprint density at radius 1 is 1.56 bits per heavy atom. The molecular weight excluding hydrogens is 357 g/mol. The number of anilines is 1. The Labute approximate surface area is 154 Å². The van der Waals surface area contributed by atoms with E-state index in [9.17, 15) is 23.9 Å². The van der Waals surface area contributed by atoms with Crippen LogP contribution in [-0.4, -0.2) is 60.1 Å². The molecule has 1 aromatic heterocycles. The van der Waals surface area contributed by atoms with E-state index in [1.165, 1.54) is 6.20 Å². The molecule has 0 spiro atoms. The number of hydrogen-bond donors (Lipinski definition) is 2. The molecule has 0 radical (unpaired) electrons. The van der Waals surface area contributed by atoms with Crippen molar-refractivity contribution in [1.29, 1.82) is 0 Å². The van der Waals surface area contributed by atoms with Crippen molar-refractivity contribution in [1.82, 2.24) is 9.47 Å². The van der Waals surface area contributed by atoms with Crippen LogP contribution in [0.4, 0.5) is 10.1 Å². The average molecular weight is 377 g/mol.